The number of hydrogen-bond acceptors (Lipinski definition) is 7. The molecule has 1 unspecified atom stereocenters. The summed E-state index contributed by atoms with van der Waals surface area (Å²) in [5.74, 6) is 0.378. The molecule has 0 spiro atoms. The van der Waals surface area contributed by atoms with E-state index < -0.39 is 15.7 Å². The van der Waals surface area contributed by atoms with Crippen LogP contribution in [0.1, 0.15) is 26.2 Å². The van der Waals surface area contributed by atoms with E-state index in [0.717, 1.165) is 24.8 Å². The minimum Gasteiger partial charge on any atom is -0.371 e. The standard InChI is InChI=1S/C17H24N6O3S/c1-17(24)8-4-5-9-23(17)12-6-7-13(14(10-12)21-27(3,25)26)20-15-11-19-22(2)16(15)18/h6-7,10-11,24H,4-5,8-9H2,1-3H3,(H2,18,19,21)/p+1. The maximum Gasteiger partial charge on any atom is 0.320 e. The summed E-state index contributed by atoms with van der Waals surface area (Å²) in [7, 11) is -1.82. The van der Waals surface area contributed by atoms with Crippen molar-refractivity contribution in [3.05, 3.63) is 18.2 Å². The molecule has 9 nitrogen and oxygen atoms in total. The number of rotatable bonds is 4. The van der Waals surface area contributed by atoms with Crippen LogP contribution in [-0.4, -0.2) is 61.5 Å². The molecular formula is C17H25N6O3S+. The summed E-state index contributed by atoms with van der Waals surface area (Å²) in [6, 6.07) is 5.21. The lowest BCUT2D eigenvalue weighted by Crippen LogP contribution is -2.49. The fourth-order valence-electron chi connectivity index (χ4n) is 3.24. The third-order valence-electron chi connectivity index (χ3n) is 4.66. The van der Waals surface area contributed by atoms with Crippen LogP contribution in [0.15, 0.2) is 28.3 Å². The summed E-state index contributed by atoms with van der Waals surface area (Å²) in [5.41, 5.74) is 6.87. The zero-order valence-corrected chi connectivity index (χ0v) is 16.5. The molecule has 146 valence electrons. The smallest absolute Gasteiger partial charge is 0.320 e. The van der Waals surface area contributed by atoms with E-state index in [9.17, 15) is 13.5 Å². The number of benzene rings is 1. The van der Waals surface area contributed by atoms with Crippen LogP contribution < -0.4 is 15.4 Å². The van der Waals surface area contributed by atoms with E-state index in [2.05, 4.69) is 14.8 Å². The van der Waals surface area contributed by atoms with Crippen molar-refractivity contribution in [1.82, 2.24) is 0 Å². The van der Waals surface area contributed by atoms with E-state index >= 15 is 0 Å². The molecule has 2 aliphatic rings. The summed E-state index contributed by atoms with van der Waals surface area (Å²) >= 11 is 0. The summed E-state index contributed by atoms with van der Waals surface area (Å²) in [6.07, 6.45) is 5.16. The molecule has 10 heteroatoms. The Labute approximate surface area is 159 Å². The largest absolute Gasteiger partial charge is 0.371 e. The Kier molecular flexibility index (Phi) is 4.96. The van der Waals surface area contributed by atoms with E-state index in [1.165, 1.54) is 10.9 Å². The summed E-state index contributed by atoms with van der Waals surface area (Å²) in [5, 5.41) is 14.7. The Balaban J connectivity index is 2.05. The summed E-state index contributed by atoms with van der Waals surface area (Å²) in [6.45, 7) is 2.46. The lowest BCUT2D eigenvalue weighted by atomic mass is 9.99. The van der Waals surface area contributed by atoms with Gasteiger partial charge in [0.05, 0.1) is 17.6 Å². The van der Waals surface area contributed by atoms with Crippen LogP contribution >= 0.6 is 0 Å². The Morgan fingerprint density at radius 2 is 2.15 bits per heavy atom. The zero-order valence-electron chi connectivity index (χ0n) is 15.7. The number of aliphatic hydroxyl groups is 1. The first-order chi connectivity index (χ1) is 12.6. The van der Waals surface area contributed by atoms with Crippen molar-refractivity contribution >= 4 is 44.8 Å². The van der Waals surface area contributed by atoms with Gasteiger partial charge in [-0.05, 0) is 44.4 Å². The molecule has 0 aromatic heterocycles. The molecule has 27 heavy (non-hydrogen) atoms. The third-order valence-corrected chi connectivity index (χ3v) is 5.25. The number of nitrogens with two attached hydrogens (primary N) is 1. The molecule has 0 aliphatic carbocycles. The Morgan fingerprint density at radius 3 is 2.74 bits per heavy atom. The number of aliphatic imine (C=N–C) groups is 1. The monoisotopic (exact) mass is 393 g/mol. The number of anilines is 2. The Bertz CT molecular complexity index is 949. The molecule has 0 saturated carbocycles. The van der Waals surface area contributed by atoms with Gasteiger partial charge >= 0.3 is 5.84 Å². The van der Waals surface area contributed by atoms with Gasteiger partial charge in [0, 0.05) is 12.2 Å². The van der Waals surface area contributed by atoms with Gasteiger partial charge < -0.3 is 10.0 Å². The lowest BCUT2D eigenvalue weighted by Gasteiger charge is -2.42. The maximum atomic E-state index is 11.8. The molecule has 1 aromatic rings. The van der Waals surface area contributed by atoms with Crippen molar-refractivity contribution < 1.29 is 18.2 Å². The number of nitrogens with zero attached hydrogens (tertiary/aromatic N) is 4. The van der Waals surface area contributed by atoms with Crippen LogP contribution in [0.4, 0.5) is 17.1 Å². The molecule has 1 atom stereocenters. The first-order valence-corrected chi connectivity index (χ1v) is 10.6. The lowest BCUT2D eigenvalue weighted by molar-refractivity contribution is -0.498. The highest BCUT2D eigenvalue weighted by Crippen LogP contribution is 2.36. The summed E-state index contributed by atoms with van der Waals surface area (Å²) < 4.78 is 27.7. The van der Waals surface area contributed by atoms with Gasteiger partial charge in [0.2, 0.25) is 10.0 Å². The normalized spacial score (nSPS) is 24.7. The second kappa shape index (κ2) is 6.93. The predicted molar refractivity (Wildman–Crippen MR) is 108 cm³/mol. The average Bonchev–Trinajstić information content (AvgIpc) is 2.87. The van der Waals surface area contributed by atoms with Crippen LogP contribution in [-0.2, 0) is 10.0 Å². The van der Waals surface area contributed by atoms with Crippen LogP contribution in [0.2, 0.25) is 0 Å². The van der Waals surface area contributed by atoms with Gasteiger partial charge in [0.1, 0.15) is 19.0 Å². The second-order valence-electron chi connectivity index (χ2n) is 7.05. The number of sulfonamides is 1. The van der Waals surface area contributed by atoms with Gasteiger partial charge in [-0.3, -0.25) is 10.5 Å². The minimum atomic E-state index is -3.52. The molecule has 1 saturated heterocycles. The first-order valence-electron chi connectivity index (χ1n) is 8.68. The Hall–Kier alpha value is -2.46. The quantitative estimate of drug-likeness (QED) is 0.654. The molecule has 1 aromatic carbocycles. The maximum absolute atomic E-state index is 11.8. The van der Waals surface area contributed by atoms with Gasteiger partial charge in [0.15, 0.2) is 5.71 Å². The highest BCUT2D eigenvalue weighted by Gasteiger charge is 2.32. The molecule has 2 aliphatic heterocycles. The Morgan fingerprint density at radius 1 is 1.41 bits per heavy atom. The topological polar surface area (TPSA) is 123 Å². The van der Waals surface area contributed by atoms with Gasteiger partial charge in [-0.1, -0.05) is 5.10 Å². The van der Waals surface area contributed by atoms with E-state index in [-0.39, 0.29) is 0 Å². The van der Waals surface area contributed by atoms with Gasteiger partial charge in [-0.2, -0.15) is 0 Å². The molecule has 1 fully saturated rings. The van der Waals surface area contributed by atoms with Crippen molar-refractivity contribution in [2.24, 2.45) is 15.8 Å². The van der Waals surface area contributed by atoms with Gasteiger partial charge in [0.25, 0.3) is 0 Å². The first kappa shape index (κ1) is 19.3. The molecule has 0 amide bonds. The molecule has 3 rings (SSSR count). The van der Waals surface area contributed by atoms with Gasteiger partial charge in [-0.25, -0.2) is 13.4 Å². The van der Waals surface area contributed by atoms with E-state index in [4.69, 9.17) is 5.73 Å². The van der Waals surface area contributed by atoms with Crippen molar-refractivity contribution in [1.29, 1.82) is 0 Å². The van der Waals surface area contributed by atoms with E-state index in [0.29, 0.717) is 35.9 Å². The van der Waals surface area contributed by atoms with Crippen molar-refractivity contribution in [3.63, 3.8) is 0 Å². The van der Waals surface area contributed by atoms with Crippen molar-refractivity contribution in [3.8, 4) is 0 Å². The van der Waals surface area contributed by atoms with Gasteiger partial charge in [-0.15, -0.1) is 4.68 Å². The molecule has 4 N–H and O–H groups in total. The number of piperidine rings is 1. The number of nitrogens with one attached hydrogen (secondary N) is 1. The highest BCUT2D eigenvalue weighted by molar-refractivity contribution is 7.92. The molecule has 0 bridgehead atoms. The highest BCUT2D eigenvalue weighted by atomic mass is 32.2. The van der Waals surface area contributed by atoms with E-state index in [1.54, 1.807) is 26.1 Å². The van der Waals surface area contributed by atoms with Crippen LogP contribution in [0.3, 0.4) is 0 Å². The fraction of sp³-hybridized carbons (Fsp3) is 0.471. The molecule has 0 radical (unpaired) electrons. The average molecular weight is 393 g/mol. The van der Waals surface area contributed by atoms with Crippen molar-refractivity contribution in [2.75, 3.05) is 29.5 Å². The van der Waals surface area contributed by atoms with Crippen LogP contribution in [0, 0.1) is 0 Å². The number of hydrogen-bond donors (Lipinski definition) is 3. The fourth-order valence-corrected chi connectivity index (χ4v) is 3.80. The predicted octanol–water partition coefficient (Wildman–Crippen LogP) is 0.828. The van der Waals surface area contributed by atoms with E-state index in [1.807, 2.05) is 11.0 Å². The molecule has 2 heterocycles. The van der Waals surface area contributed by atoms with Crippen LogP contribution in [0.25, 0.3) is 0 Å². The van der Waals surface area contributed by atoms with Crippen LogP contribution in [0.5, 0.6) is 0 Å². The van der Waals surface area contributed by atoms with Crippen molar-refractivity contribution in [2.45, 2.75) is 31.9 Å². The SMILES string of the molecule is C[N+]1=C(N)C(=Nc2ccc(N3CCCCC3(C)O)cc2NS(C)(=O)=O)C=N1. The minimum absolute atomic E-state index is 0.319. The number of hydrazone groups is 1. The number of amidine groups is 1. The molecular weight excluding hydrogens is 368 g/mol. The zero-order chi connectivity index (χ0) is 19.8. The second-order valence-corrected chi connectivity index (χ2v) is 8.80. The summed E-state index contributed by atoms with van der Waals surface area (Å²) in [4.78, 5) is 6.33. The third kappa shape index (κ3) is 4.28.